The fourth-order valence-electron chi connectivity index (χ4n) is 4.74. The summed E-state index contributed by atoms with van der Waals surface area (Å²) in [4.78, 5) is 16.7. The molecule has 142 valence electrons. The van der Waals surface area contributed by atoms with Gasteiger partial charge < -0.3 is 15.0 Å². The molecule has 1 N–H and O–H groups in total. The van der Waals surface area contributed by atoms with E-state index in [2.05, 4.69) is 22.3 Å². The van der Waals surface area contributed by atoms with E-state index in [-0.39, 0.29) is 12.5 Å². The average Bonchev–Trinajstić information content (AvgIpc) is 3.32. The highest BCUT2D eigenvalue weighted by atomic mass is 16.5. The van der Waals surface area contributed by atoms with E-state index in [0.717, 1.165) is 51.3 Å². The summed E-state index contributed by atoms with van der Waals surface area (Å²) >= 11 is 0. The lowest BCUT2D eigenvalue weighted by Crippen LogP contribution is -2.38. The van der Waals surface area contributed by atoms with Crippen molar-refractivity contribution in [3.8, 4) is 5.75 Å². The van der Waals surface area contributed by atoms with Crippen molar-refractivity contribution < 1.29 is 9.53 Å². The van der Waals surface area contributed by atoms with Crippen LogP contribution in [0.25, 0.3) is 0 Å². The van der Waals surface area contributed by atoms with E-state index in [1.54, 1.807) is 0 Å². The molecule has 1 amide bonds. The first-order valence-corrected chi connectivity index (χ1v) is 10.2. The number of para-hydroxylation sites is 1. The fourth-order valence-corrected chi connectivity index (χ4v) is 4.74. The molecule has 5 heteroatoms. The van der Waals surface area contributed by atoms with Crippen LogP contribution in [0.1, 0.15) is 37.7 Å². The molecule has 5 nitrogen and oxygen atoms in total. The molecule has 0 bridgehead atoms. The Hall–Kier alpha value is -1.59. The molecule has 0 unspecified atom stereocenters. The molecule has 3 fully saturated rings. The Morgan fingerprint density at radius 1 is 1.08 bits per heavy atom. The number of benzene rings is 1. The lowest BCUT2D eigenvalue weighted by molar-refractivity contribution is -0.132. The lowest BCUT2D eigenvalue weighted by Gasteiger charge is -2.34. The Morgan fingerprint density at radius 3 is 2.65 bits per heavy atom. The van der Waals surface area contributed by atoms with E-state index in [0.29, 0.717) is 5.41 Å². The summed E-state index contributed by atoms with van der Waals surface area (Å²) < 4.78 is 5.93. The zero-order valence-electron chi connectivity index (χ0n) is 15.7. The van der Waals surface area contributed by atoms with Crippen LogP contribution >= 0.6 is 0 Å². The predicted molar refractivity (Wildman–Crippen MR) is 102 cm³/mol. The van der Waals surface area contributed by atoms with E-state index >= 15 is 0 Å². The molecule has 3 heterocycles. The lowest BCUT2D eigenvalue weighted by atomic mass is 9.78. The molecule has 3 saturated heterocycles. The maximum atomic E-state index is 12.3. The van der Waals surface area contributed by atoms with Crippen LogP contribution in [0.4, 0.5) is 0 Å². The number of amides is 1. The van der Waals surface area contributed by atoms with Gasteiger partial charge in [-0.2, -0.15) is 0 Å². The van der Waals surface area contributed by atoms with Gasteiger partial charge in [-0.05, 0) is 63.2 Å². The summed E-state index contributed by atoms with van der Waals surface area (Å²) in [7, 11) is 0. The molecular formula is C21H31N3O2. The Balaban J connectivity index is 1.34. The number of carbonyl (C=O) groups is 1. The van der Waals surface area contributed by atoms with E-state index in [4.69, 9.17) is 4.74 Å². The Bertz CT molecular complexity index is 621. The minimum absolute atomic E-state index is 0.118. The van der Waals surface area contributed by atoms with Crippen molar-refractivity contribution in [1.29, 1.82) is 0 Å². The molecule has 0 saturated carbocycles. The van der Waals surface area contributed by atoms with E-state index in [1.807, 2.05) is 17.0 Å². The molecule has 0 aromatic heterocycles. The van der Waals surface area contributed by atoms with Crippen LogP contribution in [0.5, 0.6) is 5.75 Å². The van der Waals surface area contributed by atoms with Gasteiger partial charge >= 0.3 is 0 Å². The highest BCUT2D eigenvalue weighted by Crippen LogP contribution is 2.39. The van der Waals surface area contributed by atoms with Crippen LogP contribution in [-0.4, -0.2) is 61.6 Å². The standard InChI is InChI=1S/C21H31N3O2/c25-20(24-12-3-4-13-24)16-26-19-6-2-1-5-18(19)15-23-14-9-21(17-23)7-10-22-11-8-21/h1-2,5-6,22H,3-4,7-17H2. The van der Waals surface area contributed by atoms with Crippen molar-refractivity contribution in [1.82, 2.24) is 15.1 Å². The number of likely N-dealkylation sites (tertiary alicyclic amines) is 2. The van der Waals surface area contributed by atoms with Crippen molar-refractivity contribution in [2.24, 2.45) is 5.41 Å². The highest BCUT2D eigenvalue weighted by Gasteiger charge is 2.38. The first kappa shape index (κ1) is 17.8. The van der Waals surface area contributed by atoms with Crippen molar-refractivity contribution in [3.05, 3.63) is 29.8 Å². The Kier molecular flexibility index (Phi) is 5.46. The maximum Gasteiger partial charge on any atom is 0.260 e. The van der Waals surface area contributed by atoms with Crippen LogP contribution in [0, 0.1) is 5.41 Å². The first-order chi connectivity index (χ1) is 12.7. The van der Waals surface area contributed by atoms with Gasteiger partial charge in [-0.15, -0.1) is 0 Å². The van der Waals surface area contributed by atoms with Gasteiger partial charge in [0.25, 0.3) is 5.91 Å². The first-order valence-electron chi connectivity index (χ1n) is 10.2. The molecule has 1 aromatic rings. The molecular weight excluding hydrogens is 326 g/mol. The molecule has 3 aliphatic heterocycles. The van der Waals surface area contributed by atoms with Gasteiger partial charge in [0.15, 0.2) is 6.61 Å². The number of piperidine rings is 1. The maximum absolute atomic E-state index is 12.3. The van der Waals surface area contributed by atoms with Gasteiger partial charge in [-0.25, -0.2) is 0 Å². The second kappa shape index (κ2) is 7.97. The summed E-state index contributed by atoms with van der Waals surface area (Å²) in [6.07, 6.45) is 6.15. The molecule has 0 aliphatic carbocycles. The van der Waals surface area contributed by atoms with Crippen LogP contribution in [0.3, 0.4) is 0 Å². The van der Waals surface area contributed by atoms with Gasteiger partial charge in [0.05, 0.1) is 0 Å². The SMILES string of the molecule is O=C(COc1ccccc1CN1CCC2(CCNCC2)C1)N1CCCC1. The van der Waals surface area contributed by atoms with Crippen LogP contribution < -0.4 is 10.1 Å². The van der Waals surface area contributed by atoms with Crippen LogP contribution in [0.15, 0.2) is 24.3 Å². The minimum atomic E-state index is 0.118. The smallest absolute Gasteiger partial charge is 0.260 e. The molecule has 26 heavy (non-hydrogen) atoms. The Morgan fingerprint density at radius 2 is 1.85 bits per heavy atom. The number of hydrogen-bond acceptors (Lipinski definition) is 4. The third-order valence-electron chi connectivity index (χ3n) is 6.36. The number of hydrogen-bond donors (Lipinski definition) is 1. The number of rotatable bonds is 5. The monoisotopic (exact) mass is 357 g/mol. The molecule has 1 spiro atoms. The molecule has 4 rings (SSSR count). The van der Waals surface area contributed by atoms with E-state index in [9.17, 15) is 4.79 Å². The van der Waals surface area contributed by atoms with Gasteiger partial charge in [0.1, 0.15) is 5.75 Å². The second-order valence-electron chi connectivity index (χ2n) is 8.19. The van der Waals surface area contributed by atoms with Gasteiger partial charge in [-0.3, -0.25) is 9.69 Å². The van der Waals surface area contributed by atoms with Crippen molar-refractivity contribution in [2.45, 2.75) is 38.6 Å². The molecule has 0 atom stereocenters. The molecule has 3 aliphatic rings. The summed E-state index contributed by atoms with van der Waals surface area (Å²) in [6, 6.07) is 8.21. The zero-order chi connectivity index (χ0) is 17.8. The highest BCUT2D eigenvalue weighted by molar-refractivity contribution is 5.78. The minimum Gasteiger partial charge on any atom is -0.483 e. The summed E-state index contributed by atoms with van der Waals surface area (Å²) in [5.74, 6) is 0.985. The third kappa shape index (κ3) is 4.04. The van der Waals surface area contributed by atoms with Gasteiger partial charge in [0.2, 0.25) is 0 Å². The molecule has 1 aromatic carbocycles. The number of ether oxygens (including phenoxy) is 1. The third-order valence-corrected chi connectivity index (χ3v) is 6.36. The van der Waals surface area contributed by atoms with Crippen molar-refractivity contribution in [2.75, 3.05) is 45.9 Å². The quantitative estimate of drug-likeness (QED) is 0.878. The number of nitrogens with one attached hydrogen (secondary N) is 1. The van der Waals surface area contributed by atoms with Gasteiger partial charge in [-0.1, -0.05) is 18.2 Å². The normalized spacial score (nSPS) is 22.8. The van der Waals surface area contributed by atoms with Crippen LogP contribution in [0.2, 0.25) is 0 Å². The average molecular weight is 357 g/mol. The van der Waals surface area contributed by atoms with E-state index in [1.165, 1.54) is 37.9 Å². The summed E-state index contributed by atoms with van der Waals surface area (Å²) in [5, 5.41) is 3.49. The fraction of sp³-hybridized carbons (Fsp3) is 0.667. The summed E-state index contributed by atoms with van der Waals surface area (Å²) in [6.45, 7) is 7.52. The second-order valence-corrected chi connectivity index (χ2v) is 8.19. The summed E-state index contributed by atoms with van der Waals surface area (Å²) in [5.41, 5.74) is 1.72. The van der Waals surface area contributed by atoms with Crippen molar-refractivity contribution in [3.63, 3.8) is 0 Å². The molecule has 0 radical (unpaired) electrons. The zero-order valence-corrected chi connectivity index (χ0v) is 15.7. The van der Waals surface area contributed by atoms with Crippen LogP contribution in [-0.2, 0) is 11.3 Å². The van der Waals surface area contributed by atoms with Gasteiger partial charge in [0, 0.05) is 31.7 Å². The number of nitrogens with zero attached hydrogens (tertiary/aromatic N) is 2. The number of carbonyl (C=O) groups excluding carboxylic acids is 1. The predicted octanol–water partition coefficient (Wildman–Crippen LogP) is 2.26. The topological polar surface area (TPSA) is 44.8 Å². The van der Waals surface area contributed by atoms with Crippen molar-refractivity contribution >= 4 is 5.91 Å². The Labute approximate surface area is 156 Å². The largest absolute Gasteiger partial charge is 0.483 e. The van der Waals surface area contributed by atoms with E-state index < -0.39 is 0 Å².